The summed E-state index contributed by atoms with van der Waals surface area (Å²) in [6, 6.07) is 0. The van der Waals surface area contributed by atoms with Crippen LogP contribution in [0.25, 0.3) is 0 Å². The Kier molecular flexibility index (Phi) is 69.5. The molecule has 0 aliphatic heterocycles. The highest BCUT2D eigenvalue weighted by molar-refractivity contribution is 7.47. The Bertz CT molecular complexity index is 2370. The number of aliphatic hydroxyl groups is 1. The van der Waals surface area contributed by atoms with Gasteiger partial charge in [-0.1, -0.05) is 252 Å². The van der Waals surface area contributed by atoms with Crippen molar-refractivity contribution in [3.63, 3.8) is 0 Å². The maximum absolute atomic E-state index is 13.1. The lowest BCUT2D eigenvalue weighted by Gasteiger charge is -2.21. The second-order valence-corrected chi connectivity index (χ2v) is 28.4. The minimum absolute atomic E-state index is 0.0737. The normalized spacial score (nSPS) is 14.6. The van der Waals surface area contributed by atoms with Crippen LogP contribution in [-0.4, -0.2) is 96.7 Å². The molecule has 17 nitrogen and oxygen atoms in total. The summed E-state index contributed by atoms with van der Waals surface area (Å²) in [4.78, 5) is 72.9. The predicted octanol–water partition coefficient (Wildman–Crippen LogP) is 22.3. The highest BCUT2D eigenvalue weighted by Crippen LogP contribution is 2.45. The third-order valence-electron chi connectivity index (χ3n) is 15.9. The fourth-order valence-electron chi connectivity index (χ4n) is 10.0. The lowest BCUT2D eigenvalue weighted by molar-refractivity contribution is -0.161. The quantitative estimate of drug-likeness (QED) is 0.0169. The number of carbonyl (C=O) groups is 4. The van der Waals surface area contributed by atoms with Gasteiger partial charge in [-0.15, -0.1) is 0 Å². The summed E-state index contributed by atoms with van der Waals surface area (Å²) >= 11 is 0. The van der Waals surface area contributed by atoms with Gasteiger partial charge in [-0.3, -0.25) is 37.3 Å². The van der Waals surface area contributed by atoms with Crippen LogP contribution in [0.1, 0.15) is 310 Å². The van der Waals surface area contributed by atoms with E-state index in [9.17, 15) is 43.2 Å². The molecule has 0 rings (SSSR count). The van der Waals surface area contributed by atoms with Crippen molar-refractivity contribution >= 4 is 39.5 Å². The molecule has 0 aliphatic rings. The van der Waals surface area contributed by atoms with E-state index >= 15 is 0 Å². The molecule has 0 saturated heterocycles. The standard InChI is InChI=1S/C81H138O17P2/c1-5-9-13-17-21-25-29-33-36-37-40-43-46-50-54-58-62-66-79(84)92-72-77(98-81(86)68-64-60-56-52-48-44-39-35-31-27-23-19-15-11-7-3)74-96-100(89,90)94-70-75(82)69-93-99(87,88)95-73-76(97-80(85)67-63-59-55-51-47-41-32-28-24-20-16-12-8-4)71-91-78(83)65-61-57-53-49-45-42-38-34-30-26-22-18-14-10-6-2/h9-10,13-14,21-23,25-28,32-36,38-39,45,49,75-77,82H,5-8,11-12,15-20,24,29-31,37,40-44,46-48,50-74H2,1-4H3,(H,87,88)(H,89,90)/b13-9-,14-10-,25-21-,26-22-,27-23-,32-28-,36-33-,38-34-,39-35-,49-45-. The first kappa shape index (κ1) is 95.5. The van der Waals surface area contributed by atoms with Crippen molar-refractivity contribution in [1.82, 2.24) is 0 Å². The average molecular weight is 1450 g/mol. The third-order valence-corrected chi connectivity index (χ3v) is 17.8. The van der Waals surface area contributed by atoms with Gasteiger partial charge in [0.1, 0.15) is 19.3 Å². The number of allylic oxidation sites excluding steroid dienone is 20. The van der Waals surface area contributed by atoms with Gasteiger partial charge in [-0.2, -0.15) is 0 Å². The van der Waals surface area contributed by atoms with Gasteiger partial charge in [0.05, 0.1) is 26.4 Å². The monoisotopic (exact) mass is 1440 g/mol. The minimum atomic E-state index is -4.99. The summed E-state index contributed by atoms with van der Waals surface area (Å²) in [5.41, 5.74) is 0. The Morgan fingerprint density at radius 3 is 0.850 bits per heavy atom. The number of esters is 4. The first-order valence-electron chi connectivity index (χ1n) is 38.8. The molecule has 0 spiro atoms. The Hall–Kier alpha value is -4.54. The molecule has 0 bridgehead atoms. The van der Waals surface area contributed by atoms with Crippen LogP contribution in [0.15, 0.2) is 122 Å². The maximum Gasteiger partial charge on any atom is 0.472 e. The summed E-state index contributed by atoms with van der Waals surface area (Å²) in [5, 5.41) is 10.6. The van der Waals surface area contributed by atoms with Crippen LogP contribution in [-0.2, 0) is 65.4 Å². The fraction of sp³-hybridized carbons (Fsp3) is 0.704. The average Bonchev–Trinajstić information content (AvgIpc) is 0.937. The van der Waals surface area contributed by atoms with Crippen LogP contribution in [0.4, 0.5) is 0 Å². The van der Waals surface area contributed by atoms with Crippen LogP contribution in [0.3, 0.4) is 0 Å². The zero-order valence-electron chi connectivity index (χ0n) is 62.6. The number of aliphatic hydroxyl groups excluding tert-OH is 1. The summed E-state index contributed by atoms with van der Waals surface area (Å²) in [5.74, 6) is -2.25. The van der Waals surface area contributed by atoms with E-state index in [1.54, 1.807) is 0 Å². The summed E-state index contributed by atoms with van der Waals surface area (Å²) in [6.07, 6.45) is 79.0. The molecular weight excluding hydrogens is 1310 g/mol. The number of carbonyl (C=O) groups excluding carboxylic acids is 4. The summed E-state index contributed by atoms with van der Waals surface area (Å²) in [6.45, 7) is 4.53. The number of hydrogen-bond acceptors (Lipinski definition) is 15. The molecule has 0 fully saturated rings. The molecule has 0 heterocycles. The molecule has 3 N–H and O–H groups in total. The summed E-state index contributed by atoms with van der Waals surface area (Å²) in [7, 11) is -9.97. The highest BCUT2D eigenvalue weighted by Gasteiger charge is 2.30. The van der Waals surface area contributed by atoms with Crippen molar-refractivity contribution in [2.75, 3.05) is 39.6 Å². The van der Waals surface area contributed by atoms with Crippen molar-refractivity contribution in [1.29, 1.82) is 0 Å². The third kappa shape index (κ3) is 71.8. The number of ether oxygens (including phenoxy) is 4. The molecular formula is C81H138O17P2. The lowest BCUT2D eigenvalue weighted by Crippen LogP contribution is -2.30. The van der Waals surface area contributed by atoms with Gasteiger partial charge in [-0.05, 0) is 154 Å². The number of hydrogen-bond donors (Lipinski definition) is 3. The van der Waals surface area contributed by atoms with Crippen molar-refractivity contribution < 1.29 is 80.2 Å². The predicted molar refractivity (Wildman–Crippen MR) is 408 cm³/mol. The maximum atomic E-state index is 13.1. The number of rotatable bonds is 72. The van der Waals surface area contributed by atoms with Gasteiger partial charge in [-0.25, -0.2) is 9.13 Å². The van der Waals surface area contributed by atoms with Crippen molar-refractivity contribution in [3.05, 3.63) is 122 Å². The van der Waals surface area contributed by atoms with Crippen LogP contribution < -0.4 is 0 Å². The zero-order chi connectivity index (χ0) is 73.2. The second kappa shape index (κ2) is 72.8. The van der Waals surface area contributed by atoms with Gasteiger partial charge in [0.15, 0.2) is 12.2 Å². The lowest BCUT2D eigenvalue weighted by atomic mass is 10.1. The molecule has 5 unspecified atom stereocenters. The fourth-order valence-corrected chi connectivity index (χ4v) is 11.6. The van der Waals surface area contributed by atoms with E-state index in [1.807, 2.05) is 0 Å². The van der Waals surface area contributed by atoms with Crippen molar-refractivity contribution in [3.8, 4) is 0 Å². The molecule has 0 saturated carbocycles. The highest BCUT2D eigenvalue weighted by atomic mass is 31.2. The molecule has 0 aromatic carbocycles. The SMILES string of the molecule is CC/C=C\C/C=C\C/C=C\C/C=C\CCCCC(=O)OCC(COP(=O)(O)OCC(O)COP(=O)(O)OCC(COC(=O)CCCCCCCCC/C=C\C/C=C\C/C=C\CC)OC(=O)CCCCCCC/C=C\C/C=C\CCCCC)OC(=O)CCCCCCC/C=C\CCCCCC. The molecule has 100 heavy (non-hydrogen) atoms. The van der Waals surface area contributed by atoms with E-state index in [4.69, 9.17) is 37.0 Å². The van der Waals surface area contributed by atoms with E-state index in [0.717, 1.165) is 186 Å². The van der Waals surface area contributed by atoms with E-state index < -0.39 is 97.5 Å². The Morgan fingerprint density at radius 2 is 0.520 bits per heavy atom. The number of phosphoric ester groups is 2. The largest absolute Gasteiger partial charge is 0.472 e. The van der Waals surface area contributed by atoms with Crippen molar-refractivity contribution in [2.45, 2.75) is 329 Å². The Labute approximate surface area is 606 Å². The molecule has 0 radical (unpaired) electrons. The molecule has 0 aromatic heterocycles. The van der Waals surface area contributed by atoms with Gasteiger partial charge in [0.25, 0.3) is 0 Å². The van der Waals surface area contributed by atoms with Gasteiger partial charge >= 0.3 is 39.5 Å². The Morgan fingerprint density at radius 1 is 0.290 bits per heavy atom. The van der Waals surface area contributed by atoms with E-state index in [0.29, 0.717) is 25.7 Å². The second-order valence-electron chi connectivity index (χ2n) is 25.5. The molecule has 0 aliphatic carbocycles. The molecule has 0 aromatic rings. The van der Waals surface area contributed by atoms with Crippen molar-refractivity contribution in [2.24, 2.45) is 0 Å². The molecule has 5 atom stereocenters. The van der Waals surface area contributed by atoms with Gasteiger partial charge < -0.3 is 33.8 Å². The van der Waals surface area contributed by atoms with Crippen LogP contribution >= 0.6 is 15.6 Å². The minimum Gasteiger partial charge on any atom is -0.462 e. The molecule has 574 valence electrons. The van der Waals surface area contributed by atoms with Crippen LogP contribution in [0.5, 0.6) is 0 Å². The number of phosphoric acid groups is 2. The van der Waals surface area contributed by atoms with E-state index in [1.165, 1.54) is 44.9 Å². The van der Waals surface area contributed by atoms with Crippen LogP contribution in [0, 0.1) is 0 Å². The van der Waals surface area contributed by atoms with E-state index in [-0.39, 0.29) is 25.7 Å². The molecule has 0 amide bonds. The summed E-state index contributed by atoms with van der Waals surface area (Å²) < 4.78 is 68.5. The first-order chi connectivity index (χ1) is 48.7. The first-order valence-corrected chi connectivity index (χ1v) is 41.8. The van der Waals surface area contributed by atoms with Crippen LogP contribution in [0.2, 0.25) is 0 Å². The number of unbranched alkanes of at least 4 members (excludes halogenated alkanes) is 26. The topological polar surface area (TPSA) is 237 Å². The Balaban J connectivity index is 5.40. The van der Waals surface area contributed by atoms with Gasteiger partial charge in [0.2, 0.25) is 0 Å². The smallest absolute Gasteiger partial charge is 0.462 e. The van der Waals surface area contributed by atoms with E-state index in [2.05, 4.69) is 149 Å². The molecule has 19 heteroatoms. The van der Waals surface area contributed by atoms with Gasteiger partial charge in [0, 0.05) is 25.7 Å². The zero-order valence-corrected chi connectivity index (χ0v) is 64.4.